The van der Waals surface area contributed by atoms with Crippen LogP contribution in [0.4, 0.5) is 5.82 Å². The second kappa shape index (κ2) is 4.94. The van der Waals surface area contributed by atoms with Crippen LogP contribution in [-0.2, 0) is 4.74 Å². The molecule has 0 saturated carbocycles. The Hall–Kier alpha value is -1.81. The number of aliphatic hydroxyl groups is 3. The number of nitrogens with one attached hydrogen (secondary N) is 1. The fourth-order valence-electron chi connectivity index (χ4n) is 2.33. The van der Waals surface area contributed by atoms with Gasteiger partial charge in [0.1, 0.15) is 30.2 Å². The normalized spacial score (nSPS) is 30.0. The van der Waals surface area contributed by atoms with Crippen molar-refractivity contribution in [2.24, 2.45) is 0 Å². The van der Waals surface area contributed by atoms with Gasteiger partial charge in [-0.15, -0.1) is 0 Å². The maximum Gasteiger partial charge on any atom is 0.167 e. The zero-order chi connectivity index (χ0) is 14.3. The van der Waals surface area contributed by atoms with Crippen LogP contribution in [0.15, 0.2) is 12.7 Å². The molecule has 3 unspecified atom stereocenters. The van der Waals surface area contributed by atoms with E-state index >= 15 is 0 Å². The van der Waals surface area contributed by atoms with Gasteiger partial charge in [-0.1, -0.05) is 0 Å². The summed E-state index contributed by atoms with van der Waals surface area (Å²) in [6, 6.07) is 0. The quantitative estimate of drug-likeness (QED) is 0.534. The number of fused-ring (bicyclic) bond motifs is 1. The van der Waals surface area contributed by atoms with Crippen molar-refractivity contribution in [2.45, 2.75) is 24.5 Å². The Morgan fingerprint density at radius 3 is 2.75 bits per heavy atom. The molecule has 9 heteroatoms. The molecule has 4 atom stereocenters. The Kier molecular flexibility index (Phi) is 3.26. The van der Waals surface area contributed by atoms with Crippen LogP contribution < -0.4 is 5.32 Å². The molecule has 0 aliphatic carbocycles. The first-order chi connectivity index (χ1) is 9.67. The van der Waals surface area contributed by atoms with E-state index in [4.69, 9.17) is 9.84 Å². The maximum absolute atomic E-state index is 10.0. The molecule has 0 aromatic carbocycles. The summed E-state index contributed by atoms with van der Waals surface area (Å²) in [5.41, 5.74) is 1.01. The van der Waals surface area contributed by atoms with Gasteiger partial charge in [0.25, 0.3) is 0 Å². The first kappa shape index (κ1) is 13.2. The zero-order valence-corrected chi connectivity index (χ0v) is 10.7. The van der Waals surface area contributed by atoms with Gasteiger partial charge < -0.3 is 25.4 Å². The summed E-state index contributed by atoms with van der Waals surface area (Å²) >= 11 is 0. The van der Waals surface area contributed by atoms with Crippen LogP contribution >= 0.6 is 0 Å². The summed E-state index contributed by atoms with van der Waals surface area (Å²) in [7, 11) is 1.72. The molecule has 2 aromatic rings. The number of hydrogen-bond acceptors (Lipinski definition) is 8. The van der Waals surface area contributed by atoms with E-state index in [0.29, 0.717) is 17.0 Å². The van der Waals surface area contributed by atoms with Gasteiger partial charge in [0, 0.05) is 7.05 Å². The largest absolute Gasteiger partial charge is 0.394 e. The number of hydrogen-bond donors (Lipinski definition) is 4. The molecule has 20 heavy (non-hydrogen) atoms. The third-order valence-electron chi connectivity index (χ3n) is 3.39. The SMILES string of the molecule is CNc1ncnc2c1ncn2C1OC(CO)[C@H](O)C1O. The molecule has 1 aliphatic heterocycles. The van der Waals surface area contributed by atoms with Crippen molar-refractivity contribution >= 4 is 17.0 Å². The van der Waals surface area contributed by atoms with Crippen LogP contribution in [0.1, 0.15) is 6.23 Å². The van der Waals surface area contributed by atoms with Crippen LogP contribution in [0.25, 0.3) is 11.2 Å². The van der Waals surface area contributed by atoms with Crippen molar-refractivity contribution in [2.75, 3.05) is 19.0 Å². The summed E-state index contributed by atoms with van der Waals surface area (Å²) in [5.74, 6) is 0.556. The summed E-state index contributed by atoms with van der Waals surface area (Å²) in [6.07, 6.45) is -1.19. The van der Waals surface area contributed by atoms with Crippen molar-refractivity contribution in [1.29, 1.82) is 0 Å². The van der Waals surface area contributed by atoms with E-state index in [-0.39, 0.29) is 6.61 Å². The van der Waals surface area contributed by atoms with Crippen molar-refractivity contribution < 1.29 is 20.1 Å². The minimum Gasteiger partial charge on any atom is -0.394 e. The molecule has 108 valence electrons. The van der Waals surface area contributed by atoms with Crippen LogP contribution in [0.2, 0.25) is 0 Å². The van der Waals surface area contributed by atoms with E-state index in [1.54, 1.807) is 7.05 Å². The van der Waals surface area contributed by atoms with Crippen molar-refractivity contribution in [3.63, 3.8) is 0 Å². The van der Waals surface area contributed by atoms with Crippen LogP contribution in [-0.4, -0.2) is 66.8 Å². The number of anilines is 1. The molecule has 1 aliphatic rings. The second-order valence-electron chi connectivity index (χ2n) is 4.53. The lowest BCUT2D eigenvalue weighted by Gasteiger charge is -2.16. The van der Waals surface area contributed by atoms with E-state index in [9.17, 15) is 10.2 Å². The molecule has 1 saturated heterocycles. The van der Waals surface area contributed by atoms with Gasteiger partial charge in [0.05, 0.1) is 12.9 Å². The molecule has 0 amide bonds. The van der Waals surface area contributed by atoms with Crippen LogP contribution in [0.5, 0.6) is 0 Å². The molecule has 1 fully saturated rings. The van der Waals surface area contributed by atoms with Crippen molar-refractivity contribution in [3.8, 4) is 0 Å². The van der Waals surface area contributed by atoms with E-state index < -0.39 is 24.5 Å². The molecule has 0 bridgehead atoms. The van der Waals surface area contributed by atoms with Crippen molar-refractivity contribution in [1.82, 2.24) is 19.5 Å². The monoisotopic (exact) mass is 281 g/mol. The van der Waals surface area contributed by atoms with Gasteiger partial charge in [-0.25, -0.2) is 15.0 Å². The number of imidazole rings is 1. The molecular weight excluding hydrogens is 266 g/mol. The van der Waals surface area contributed by atoms with Crippen molar-refractivity contribution in [3.05, 3.63) is 12.7 Å². The van der Waals surface area contributed by atoms with Gasteiger partial charge in [-0.3, -0.25) is 4.57 Å². The third-order valence-corrected chi connectivity index (χ3v) is 3.39. The number of ether oxygens (including phenoxy) is 1. The Bertz CT molecular complexity index is 618. The smallest absolute Gasteiger partial charge is 0.167 e. The average Bonchev–Trinajstić information content (AvgIpc) is 3.01. The lowest BCUT2D eigenvalue weighted by atomic mass is 10.1. The minimum atomic E-state index is -1.17. The van der Waals surface area contributed by atoms with E-state index in [2.05, 4.69) is 20.3 Å². The average molecular weight is 281 g/mol. The molecular formula is C11H15N5O4. The zero-order valence-electron chi connectivity index (χ0n) is 10.7. The van der Waals surface area contributed by atoms with Gasteiger partial charge in [-0.2, -0.15) is 0 Å². The second-order valence-corrected chi connectivity index (χ2v) is 4.53. The molecule has 4 N–H and O–H groups in total. The van der Waals surface area contributed by atoms with E-state index in [1.807, 2.05) is 0 Å². The summed E-state index contributed by atoms with van der Waals surface area (Å²) in [6.45, 7) is -0.377. The molecule has 3 heterocycles. The highest BCUT2D eigenvalue weighted by Gasteiger charge is 2.43. The molecule has 2 aromatic heterocycles. The van der Waals surface area contributed by atoms with E-state index in [0.717, 1.165) is 0 Å². The first-order valence-corrected chi connectivity index (χ1v) is 6.15. The summed E-state index contributed by atoms with van der Waals surface area (Å²) in [4.78, 5) is 12.3. The summed E-state index contributed by atoms with van der Waals surface area (Å²) < 4.78 is 6.97. The van der Waals surface area contributed by atoms with Gasteiger partial charge in [-0.05, 0) is 0 Å². The van der Waals surface area contributed by atoms with Gasteiger partial charge >= 0.3 is 0 Å². The highest BCUT2D eigenvalue weighted by molar-refractivity contribution is 5.82. The van der Waals surface area contributed by atoms with Gasteiger partial charge in [0.2, 0.25) is 0 Å². The highest BCUT2D eigenvalue weighted by Crippen LogP contribution is 2.31. The molecule has 9 nitrogen and oxygen atoms in total. The predicted octanol–water partition coefficient (Wildman–Crippen LogP) is -1.52. The Labute approximate surface area is 113 Å². The molecule has 3 rings (SSSR count). The Balaban J connectivity index is 2.03. The van der Waals surface area contributed by atoms with E-state index in [1.165, 1.54) is 17.2 Å². The van der Waals surface area contributed by atoms with Gasteiger partial charge in [0.15, 0.2) is 17.7 Å². The standard InChI is InChI=1S/C11H15N5O4/c1-12-9-6-10(14-3-13-9)16(4-15-6)11-8(19)7(18)5(2-17)20-11/h3-5,7-8,11,17-19H,2H2,1H3,(H,12,13,14)/t5?,7-,8?,11?/m0/s1. The first-order valence-electron chi connectivity index (χ1n) is 6.15. The fraction of sp³-hybridized carbons (Fsp3) is 0.545. The number of aromatic nitrogens is 4. The summed E-state index contributed by atoms with van der Waals surface area (Å²) in [5, 5.41) is 31.8. The lowest BCUT2D eigenvalue weighted by molar-refractivity contribution is -0.0511. The number of aliphatic hydroxyl groups excluding tert-OH is 3. The number of rotatable bonds is 3. The highest BCUT2D eigenvalue weighted by atomic mass is 16.6. The molecule has 0 spiro atoms. The topological polar surface area (TPSA) is 126 Å². The van der Waals surface area contributed by atoms with Crippen LogP contribution in [0, 0.1) is 0 Å². The third kappa shape index (κ3) is 1.83. The number of nitrogens with zero attached hydrogens (tertiary/aromatic N) is 4. The minimum absolute atomic E-state index is 0.377. The Morgan fingerprint density at radius 2 is 2.10 bits per heavy atom. The maximum atomic E-state index is 10.0. The molecule has 0 radical (unpaired) electrons. The lowest BCUT2D eigenvalue weighted by Crippen LogP contribution is -2.33. The van der Waals surface area contributed by atoms with Crippen LogP contribution in [0.3, 0.4) is 0 Å². The predicted molar refractivity (Wildman–Crippen MR) is 67.9 cm³/mol. The fourth-order valence-corrected chi connectivity index (χ4v) is 2.33. The Morgan fingerprint density at radius 1 is 1.30 bits per heavy atom.